The lowest BCUT2D eigenvalue weighted by Crippen LogP contribution is -2.54. The van der Waals surface area contributed by atoms with E-state index in [-0.39, 0.29) is 37.3 Å². The summed E-state index contributed by atoms with van der Waals surface area (Å²) in [6, 6.07) is -0.537. The van der Waals surface area contributed by atoms with Crippen LogP contribution < -0.4 is 5.73 Å². The maximum Gasteiger partial charge on any atom is 0.241 e. The molecule has 6 nitrogen and oxygen atoms in total. The van der Waals surface area contributed by atoms with Crippen molar-refractivity contribution in [3.8, 4) is 0 Å². The van der Waals surface area contributed by atoms with Crippen molar-refractivity contribution in [3.63, 3.8) is 0 Å². The average molecular weight is 332 g/mol. The summed E-state index contributed by atoms with van der Waals surface area (Å²) in [6.45, 7) is 7.97. The first-order valence-corrected chi connectivity index (χ1v) is 6.52. The highest BCUT2D eigenvalue weighted by atomic mass is 35.5. The van der Waals surface area contributed by atoms with Crippen molar-refractivity contribution in [2.24, 2.45) is 5.73 Å². The Morgan fingerprint density at radius 1 is 1.25 bits per heavy atom. The zero-order valence-electron chi connectivity index (χ0n) is 12.2. The molecule has 1 saturated heterocycles. The van der Waals surface area contributed by atoms with Crippen LogP contribution in [0.4, 0.5) is 0 Å². The third-order valence-corrected chi connectivity index (χ3v) is 3.10. The van der Waals surface area contributed by atoms with Gasteiger partial charge in [0.05, 0.1) is 13.2 Å². The topological polar surface area (TPSA) is 68.0 Å². The average Bonchev–Trinajstić information content (AvgIpc) is 2.39. The van der Waals surface area contributed by atoms with Crippen LogP contribution in [0.2, 0.25) is 0 Å². The number of piperazine rings is 1. The number of rotatable bonds is 7. The van der Waals surface area contributed by atoms with Gasteiger partial charge in [-0.2, -0.15) is 0 Å². The number of hydrogen-bond acceptors (Lipinski definition) is 5. The first-order valence-electron chi connectivity index (χ1n) is 6.52. The van der Waals surface area contributed by atoms with Gasteiger partial charge >= 0.3 is 0 Å². The maximum absolute atomic E-state index is 11.9. The second-order valence-electron chi connectivity index (χ2n) is 4.43. The van der Waals surface area contributed by atoms with Crippen molar-refractivity contribution in [2.75, 3.05) is 59.7 Å². The number of hydrogen-bond donors (Lipinski definition) is 1. The van der Waals surface area contributed by atoms with Crippen molar-refractivity contribution in [3.05, 3.63) is 0 Å². The van der Waals surface area contributed by atoms with Gasteiger partial charge in [0.2, 0.25) is 5.91 Å². The third kappa shape index (κ3) is 7.61. The number of nitrogens with two attached hydrogens (primary N) is 1. The number of ether oxygens (including phenoxy) is 2. The van der Waals surface area contributed by atoms with Crippen molar-refractivity contribution in [1.29, 1.82) is 0 Å². The summed E-state index contributed by atoms with van der Waals surface area (Å²) >= 11 is 0. The van der Waals surface area contributed by atoms with Crippen LogP contribution in [-0.4, -0.2) is 81.4 Å². The van der Waals surface area contributed by atoms with E-state index >= 15 is 0 Å². The van der Waals surface area contributed by atoms with Crippen molar-refractivity contribution < 1.29 is 14.3 Å². The highest BCUT2D eigenvalue weighted by molar-refractivity contribution is 5.85. The standard InChI is InChI=1S/C12H25N3O3.2ClH/c1-3-18-9-8-14-4-6-15(7-5-14)12(16)11(13)10-17-2;;/h11H,3-10,13H2,1-2H3;2*1H. The van der Waals surface area contributed by atoms with Gasteiger partial charge in [0.1, 0.15) is 6.04 Å². The van der Waals surface area contributed by atoms with E-state index < -0.39 is 6.04 Å². The molecule has 1 rings (SSSR count). The Morgan fingerprint density at radius 2 is 1.85 bits per heavy atom. The van der Waals surface area contributed by atoms with E-state index in [4.69, 9.17) is 15.2 Å². The highest BCUT2D eigenvalue weighted by Crippen LogP contribution is 2.03. The molecular weight excluding hydrogens is 305 g/mol. The minimum absolute atomic E-state index is 0. The largest absolute Gasteiger partial charge is 0.383 e. The quantitative estimate of drug-likeness (QED) is 0.664. The molecule has 20 heavy (non-hydrogen) atoms. The van der Waals surface area contributed by atoms with Crippen LogP contribution in [0.1, 0.15) is 6.92 Å². The Bertz CT molecular complexity index is 252. The number of halogens is 2. The van der Waals surface area contributed by atoms with Gasteiger partial charge in [-0.15, -0.1) is 24.8 Å². The SMILES string of the molecule is CCOCCN1CCN(C(=O)C(N)COC)CC1.Cl.Cl. The van der Waals surface area contributed by atoms with E-state index in [1.54, 1.807) is 7.11 Å². The van der Waals surface area contributed by atoms with E-state index in [1.165, 1.54) is 0 Å². The lowest BCUT2D eigenvalue weighted by molar-refractivity contribution is -0.135. The fourth-order valence-corrected chi connectivity index (χ4v) is 2.02. The van der Waals surface area contributed by atoms with Crippen LogP contribution in [0.3, 0.4) is 0 Å². The van der Waals surface area contributed by atoms with Gasteiger partial charge < -0.3 is 20.1 Å². The number of methoxy groups -OCH3 is 1. The molecule has 0 aliphatic carbocycles. The van der Waals surface area contributed by atoms with E-state index in [9.17, 15) is 4.79 Å². The molecule has 0 bridgehead atoms. The molecular formula is C12H27Cl2N3O3. The Morgan fingerprint density at radius 3 is 2.35 bits per heavy atom. The molecule has 0 radical (unpaired) electrons. The van der Waals surface area contributed by atoms with Gasteiger partial charge in [0, 0.05) is 46.4 Å². The molecule has 0 saturated carbocycles. The van der Waals surface area contributed by atoms with E-state index in [1.807, 2.05) is 11.8 Å². The molecule has 122 valence electrons. The van der Waals surface area contributed by atoms with Gasteiger partial charge in [-0.25, -0.2) is 0 Å². The second-order valence-corrected chi connectivity index (χ2v) is 4.43. The monoisotopic (exact) mass is 331 g/mol. The first-order chi connectivity index (χ1) is 8.69. The maximum atomic E-state index is 11.9. The van der Waals surface area contributed by atoms with E-state index in [0.717, 1.165) is 45.9 Å². The zero-order chi connectivity index (χ0) is 13.4. The summed E-state index contributed by atoms with van der Waals surface area (Å²) < 4.78 is 10.2. The fraction of sp³-hybridized carbons (Fsp3) is 0.917. The molecule has 0 aromatic heterocycles. The summed E-state index contributed by atoms with van der Waals surface area (Å²) in [5.41, 5.74) is 5.74. The molecule has 1 amide bonds. The van der Waals surface area contributed by atoms with Crippen LogP contribution in [0.5, 0.6) is 0 Å². The van der Waals surface area contributed by atoms with Crippen LogP contribution in [0.25, 0.3) is 0 Å². The Hall–Kier alpha value is -0.110. The molecule has 1 atom stereocenters. The molecule has 0 aromatic rings. The van der Waals surface area contributed by atoms with Crippen LogP contribution in [-0.2, 0) is 14.3 Å². The summed E-state index contributed by atoms with van der Waals surface area (Å²) in [7, 11) is 1.55. The van der Waals surface area contributed by atoms with Crippen molar-refractivity contribution in [2.45, 2.75) is 13.0 Å². The summed E-state index contributed by atoms with van der Waals surface area (Å²) in [4.78, 5) is 16.1. The van der Waals surface area contributed by atoms with Gasteiger partial charge in [0.15, 0.2) is 0 Å². The third-order valence-electron chi connectivity index (χ3n) is 3.10. The number of carbonyl (C=O) groups excluding carboxylic acids is 1. The number of nitrogens with zero attached hydrogens (tertiary/aromatic N) is 2. The van der Waals surface area contributed by atoms with Gasteiger partial charge in [-0.05, 0) is 6.92 Å². The first kappa shape index (κ1) is 22.2. The number of amides is 1. The van der Waals surface area contributed by atoms with Gasteiger partial charge in [0.25, 0.3) is 0 Å². The number of carbonyl (C=O) groups is 1. The summed E-state index contributed by atoms with van der Waals surface area (Å²) in [6.07, 6.45) is 0. The summed E-state index contributed by atoms with van der Waals surface area (Å²) in [5.74, 6) is -0.0127. The Labute approximate surface area is 133 Å². The Balaban J connectivity index is 0. The molecule has 0 aromatic carbocycles. The predicted octanol–water partition coefficient (Wildman–Crippen LogP) is -0.0156. The molecule has 1 fully saturated rings. The predicted molar refractivity (Wildman–Crippen MR) is 83.9 cm³/mol. The molecule has 1 aliphatic rings. The van der Waals surface area contributed by atoms with Gasteiger partial charge in [-0.1, -0.05) is 0 Å². The lowest BCUT2D eigenvalue weighted by atomic mass is 10.2. The lowest BCUT2D eigenvalue weighted by Gasteiger charge is -2.35. The molecule has 1 aliphatic heterocycles. The zero-order valence-corrected chi connectivity index (χ0v) is 13.9. The highest BCUT2D eigenvalue weighted by Gasteiger charge is 2.24. The smallest absolute Gasteiger partial charge is 0.241 e. The minimum atomic E-state index is -0.537. The van der Waals surface area contributed by atoms with Crippen LogP contribution in [0, 0.1) is 0 Å². The van der Waals surface area contributed by atoms with Crippen LogP contribution >= 0.6 is 24.8 Å². The van der Waals surface area contributed by atoms with Crippen molar-refractivity contribution in [1.82, 2.24) is 9.80 Å². The molecule has 1 unspecified atom stereocenters. The second kappa shape index (κ2) is 12.6. The molecule has 2 N–H and O–H groups in total. The Kier molecular flexibility index (Phi) is 14.0. The fourth-order valence-electron chi connectivity index (χ4n) is 2.02. The van der Waals surface area contributed by atoms with E-state index in [2.05, 4.69) is 4.90 Å². The summed E-state index contributed by atoms with van der Waals surface area (Å²) in [5, 5.41) is 0. The minimum Gasteiger partial charge on any atom is -0.383 e. The normalized spacial score (nSPS) is 17.1. The van der Waals surface area contributed by atoms with Crippen molar-refractivity contribution >= 4 is 30.7 Å². The van der Waals surface area contributed by atoms with Crippen LogP contribution in [0.15, 0.2) is 0 Å². The van der Waals surface area contributed by atoms with E-state index in [0.29, 0.717) is 0 Å². The van der Waals surface area contributed by atoms with Gasteiger partial charge in [-0.3, -0.25) is 9.69 Å². The molecule has 0 spiro atoms. The molecule has 1 heterocycles. The molecule has 8 heteroatoms.